The third-order valence-corrected chi connectivity index (χ3v) is 4.55. The Labute approximate surface area is 166 Å². The van der Waals surface area contributed by atoms with Crippen molar-refractivity contribution in [2.45, 2.75) is 13.8 Å². The molecule has 0 saturated heterocycles. The number of aromatic amines is 1. The minimum Gasteiger partial charge on any atom is -0.250 e. The Balaban J connectivity index is 1.82. The Bertz CT molecular complexity index is 1200. The monoisotopic (exact) mass is 392 g/mol. The van der Waals surface area contributed by atoms with Crippen molar-refractivity contribution in [2.24, 2.45) is 5.10 Å². The van der Waals surface area contributed by atoms with Gasteiger partial charge in [0.05, 0.1) is 11.9 Å². The van der Waals surface area contributed by atoms with Gasteiger partial charge in [-0.3, -0.25) is 5.10 Å². The molecule has 1 N–H and O–H groups in total. The highest BCUT2D eigenvalue weighted by atomic mass is 32.1. The predicted molar refractivity (Wildman–Crippen MR) is 109 cm³/mol. The van der Waals surface area contributed by atoms with Crippen LogP contribution < -0.4 is 0 Å². The summed E-state index contributed by atoms with van der Waals surface area (Å²) in [7, 11) is 0. The lowest BCUT2D eigenvalue weighted by atomic mass is 10.1. The minimum absolute atomic E-state index is 0.291. The van der Waals surface area contributed by atoms with E-state index in [4.69, 9.17) is 17.3 Å². The highest BCUT2D eigenvalue weighted by molar-refractivity contribution is 7.71. The zero-order chi connectivity index (χ0) is 19.7. The topological polar surface area (TPSA) is 63.8 Å². The third-order valence-electron chi connectivity index (χ3n) is 4.28. The van der Waals surface area contributed by atoms with Gasteiger partial charge < -0.3 is 0 Å². The molecule has 0 radical (unpaired) electrons. The van der Waals surface area contributed by atoms with Crippen LogP contribution in [-0.4, -0.2) is 30.9 Å². The highest BCUT2D eigenvalue weighted by Crippen LogP contribution is 2.23. The maximum absolute atomic E-state index is 13.3. The molecule has 0 aliphatic carbocycles. The lowest BCUT2D eigenvalue weighted by Crippen LogP contribution is -1.94. The molecule has 0 unspecified atom stereocenters. The van der Waals surface area contributed by atoms with E-state index in [0.29, 0.717) is 10.6 Å². The van der Waals surface area contributed by atoms with Crippen LogP contribution in [0.15, 0.2) is 59.8 Å². The van der Waals surface area contributed by atoms with Crippen LogP contribution in [0.5, 0.6) is 0 Å². The van der Waals surface area contributed by atoms with Gasteiger partial charge in [-0.1, -0.05) is 29.8 Å². The van der Waals surface area contributed by atoms with E-state index in [1.807, 2.05) is 44.3 Å². The van der Waals surface area contributed by atoms with Crippen molar-refractivity contribution >= 4 is 18.4 Å². The predicted octanol–water partition coefficient (Wildman–Crippen LogP) is 4.43. The molecule has 4 rings (SSSR count). The first kappa shape index (κ1) is 18.0. The Hall–Kier alpha value is -3.39. The van der Waals surface area contributed by atoms with Gasteiger partial charge in [-0.15, -0.1) is 0 Å². The quantitative estimate of drug-likeness (QED) is 0.413. The van der Waals surface area contributed by atoms with Gasteiger partial charge in [0.1, 0.15) is 17.3 Å². The van der Waals surface area contributed by atoms with Gasteiger partial charge in [-0.05, 0) is 50.3 Å². The fourth-order valence-corrected chi connectivity index (χ4v) is 2.99. The van der Waals surface area contributed by atoms with Crippen LogP contribution in [0.1, 0.15) is 17.0 Å². The van der Waals surface area contributed by atoms with E-state index in [0.717, 1.165) is 28.1 Å². The van der Waals surface area contributed by atoms with E-state index in [1.165, 1.54) is 12.1 Å². The summed E-state index contributed by atoms with van der Waals surface area (Å²) in [5, 5.41) is 15.9. The summed E-state index contributed by atoms with van der Waals surface area (Å²) >= 11 is 5.20. The van der Waals surface area contributed by atoms with E-state index in [2.05, 4.69) is 15.3 Å². The summed E-state index contributed by atoms with van der Waals surface area (Å²) in [4.78, 5) is 0. The largest absolute Gasteiger partial charge is 0.250 e. The second-order valence-electron chi connectivity index (χ2n) is 6.35. The van der Waals surface area contributed by atoms with Crippen LogP contribution >= 0.6 is 12.2 Å². The van der Waals surface area contributed by atoms with E-state index in [-0.39, 0.29) is 5.82 Å². The molecule has 0 amide bonds. The average molecular weight is 392 g/mol. The van der Waals surface area contributed by atoms with Gasteiger partial charge in [0.15, 0.2) is 0 Å². The summed E-state index contributed by atoms with van der Waals surface area (Å²) in [6.07, 6.45) is 3.55. The Morgan fingerprint density at radius 1 is 1.07 bits per heavy atom. The second-order valence-corrected chi connectivity index (χ2v) is 6.74. The van der Waals surface area contributed by atoms with Gasteiger partial charge in [-0.2, -0.15) is 20.0 Å². The average Bonchev–Trinajstić information content (AvgIpc) is 3.25. The van der Waals surface area contributed by atoms with Crippen molar-refractivity contribution in [3.63, 3.8) is 0 Å². The number of aryl methyl sites for hydroxylation is 2. The molecule has 8 heteroatoms. The number of rotatable bonds is 4. The normalized spacial score (nSPS) is 11.4. The van der Waals surface area contributed by atoms with Crippen molar-refractivity contribution in [2.75, 3.05) is 0 Å². The molecule has 2 heterocycles. The number of hydrogen-bond acceptors (Lipinski definition) is 4. The van der Waals surface area contributed by atoms with Gasteiger partial charge in [0.2, 0.25) is 4.77 Å². The van der Waals surface area contributed by atoms with E-state index in [1.54, 1.807) is 27.7 Å². The summed E-state index contributed by atoms with van der Waals surface area (Å²) in [5.41, 5.74) is 4.44. The molecule has 0 fully saturated rings. The molecule has 28 heavy (non-hydrogen) atoms. The van der Waals surface area contributed by atoms with Crippen LogP contribution in [-0.2, 0) is 0 Å². The maximum Gasteiger partial charge on any atom is 0.216 e. The molecular formula is C20H17FN6S. The molecule has 6 nitrogen and oxygen atoms in total. The first-order valence-electron chi connectivity index (χ1n) is 8.62. The second kappa shape index (κ2) is 7.32. The number of hydrogen-bond donors (Lipinski definition) is 1. The van der Waals surface area contributed by atoms with E-state index >= 15 is 0 Å². The fourth-order valence-electron chi connectivity index (χ4n) is 2.77. The number of aromatic nitrogens is 5. The Morgan fingerprint density at radius 3 is 2.43 bits per heavy atom. The summed E-state index contributed by atoms with van der Waals surface area (Å²) < 4.78 is 16.9. The fraction of sp³-hybridized carbons (Fsp3) is 0.100. The van der Waals surface area contributed by atoms with E-state index < -0.39 is 0 Å². The molecular weight excluding hydrogens is 375 g/mol. The summed E-state index contributed by atoms with van der Waals surface area (Å²) in [5.74, 6) is 0.366. The zero-order valence-corrected chi connectivity index (χ0v) is 16.1. The molecule has 2 aromatic carbocycles. The van der Waals surface area contributed by atoms with Crippen LogP contribution in [0.25, 0.3) is 16.9 Å². The standard InChI is InChI=1S/C20H17FN6S/c1-13-3-5-15(6-4-13)19-16(11-22-27-14(2)23-24-20(27)28)12-26(25-19)18-9-7-17(21)8-10-18/h3-12H,1-2H3,(H,24,28)/b22-11-. The van der Waals surface area contributed by atoms with Gasteiger partial charge >= 0.3 is 0 Å². The Kier molecular flexibility index (Phi) is 4.70. The molecule has 4 aromatic rings. The highest BCUT2D eigenvalue weighted by Gasteiger charge is 2.12. The van der Waals surface area contributed by atoms with Gasteiger partial charge in [0, 0.05) is 17.3 Å². The lowest BCUT2D eigenvalue weighted by molar-refractivity contribution is 0.627. The molecule has 0 saturated carbocycles. The summed E-state index contributed by atoms with van der Waals surface area (Å²) in [6.45, 7) is 3.85. The van der Waals surface area contributed by atoms with Gasteiger partial charge in [-0.25, -0.2) is 9.07 Å². The van der Waals surface area contributed by atoms with Crippen molar-refractivity contribution in [1.29, 1.82) is 0 Å². The lowest BCUT2D eigenvalue weighted by Gasteiger charge is -2.01. The molecule has 0 atom stereocenters. The molecule has 140 valence electrons. The number of nitrogens with zero attached hydrogens (tertiary/aromatic N) is 5. The third kappa shape index (κ3) is 3.54. The van der Waals surface area contributed by atoms with Crippen LogP contribution in [0.4, 0.5) is 4.39 Å². The number of halogens is 1. The molecule has 0 bridgehead atoms. The molecule has 2 aromatic heterocycles. The van der Waals surface area contributed by atoms with Crippen LogP contribution in [0.2, 0.25) is 0 Å². The van der Waals surface area contributed by atoms with Crippen molar-refractivity contribution in [3.8, 4) is 16.9 Å². The van der Waals surface area contributed by atoms with Gasteiger partial charge in [0.25, 0.3) is 0 Å². The SMILES string of the molecule is Cc1ccc(-c2nn(-c3ccc(F)cc3)cc2/C=N\n2c(C)n[nH]c2=S)cc1. The first-order chi connectivity index (χ1) is 13.5. The smallest absolute Gasteiger partial charge is 0.216 e. The van der Waals surface area contributed by atoms with Crippen molar-refractivity contribution < 1.29 is 4.39 Å². The van der Waals surface area contributed by atoms with Crippen molar-refractivity contribution in [3.05, 3.63) is 82.3 Å². The minimum atomic E-state index is -0.291. The number of benzene rings is 2. The van der Waals surface area contributed by atoms with Crippen LogP contribution in [0, 0.1) is 24.4 Å². The van der Waals surface area contributed by atoms with Crippen LogP contribution in [0.3, 0.4) is 0 Å². The molecule has 0 aliphatic heterocycles. The van der Waals surface area contributed by atoms with E-state index in [9.17, 15) is 4.39 Å². The Morgan fingerprint density at radius 2 is 1.79 bits per heavy atom. The molecule has 0 spiro atoms. The maximum atomic E-state index is 13.3. The molecule has 0 aliphatic rings. The zero-order valence-electron chi connectivity index (χ0n) is 15.3. The number of nitrogens with one attached hydrogen (secondary N) is 1. The first-order valence-corrected chi connectivity index (χ1v) is 9.03. The summed E-state index contributed by atoms with van der Waals surface area (Å²) in [6, 6.07) is 14.3. The van der Waals surface area contributed by atoms with Crippen molar-refractivity contribution in [1.82, 2.24) is 24.7 Å². The number of H-pyrrole nitrogens is 1.